The van der Waals surface area contributed by atoms with Crippen LogP contribution in [0.1, 0.15) is 25.0 Å². The molecule has 1 aromatic carbocycles. The molecule has 5 heteroatoms. The zero-order valence-corrected chi connectivity index (χ0v) is 12.5. The van der Waals surface area contributed by atoms with Gasteiger partial charge in [-0.15, -0.1) is 0 Å². The fraction of sp³-hybridized carbons (Fsp3) is 0.600. The second-order valence-corrected chi connectivity index (χ2v) is 4.58. The highest BCUT2D eigenvalue weighted by Crippen LogP contribution is 2.30. The van der Waals surface area contributed by atoms with E-state index in [1.807, 2.05) is 13.0 Å². The van der Waals surface area contributed by atoms with Gasteiger partial charge in [-0.3, -0.25) is 0 Å². The van der Waals surface area contributed by atoms with Crippen molar-refractivity contribution in [3.05, 3.63) is 23.8 Å². The Morgan fingerprint density at radius 1 is 1.15 bits per heavy atom. The standard InChI is InChI=1S/C15H25NO4/c1-4-16(9-10-17)8-7-13(18)12-5-6-14(19-2)15(11-12)20-3/h5-6,11,13,17-18H,4,7-10H2,1-3H3. The number of aliphatic hydroxyl groups is 2. The van der Waals surface area contributed by atoms with Crippen LogP contribution in [0.15, 0.2) is 18.2 Å². The van der Waals surface area contributed by atoms with Crippen molar-refractivity contribution in [1.82, 2.24) is 4.90 Å². The maximum atomic E-state index is 10.2. The minimum absolute atomic E-state index is 0.139. The van der Waals surface area contributed by atoms with Gasteiger partial charge in [0, 0.05) is 13.1 Å². The Morgan fingerprint density at radius 3 is 2.40 bits per heavy atom. The lowest BCUT2D eigenvalue weighted by Crippen LogP contribution is -2.28. The Hall–Kier alpha value is -1.30. The predicted molar refractivity (Wildman–Crippen MR) is 78.3 cm³/mol. The van der Waals surface area contributed by atoms with E-state index in [2.05, 4.69) is 4.90 Å². The van der Waals surface area contributed by atoms with Gasteiger partial charge in [0.2, 0.25) is 0 Å². The van der Waals surface area contributed by atoms with Crippen molar-refractivity contribution < 1.29 is 19.7 Å². The molecule has 0 aromatic heterocycles. The van der Waals surface area contributed by atoms with Gasteiger partial charge >= 0.3 is 0 Å². The summed E-state index contributed by atoms with van der Waals surface area (Å²) in [5.41, 5.74) is 0.808. The number of nitrogens with zero attached hydrogens (tertiary/aromatic N) is 1. The van der Waals surface area contributed by atoms with E-state index in [-0.39, 0.29) is 6.61 Å². The summed E-state index contributed by atoms with van der Waals surface area (Å²) in [5, 5.41) is 19.2. The first-order valence-electron chi connectivity index (χ1n) is 6.89. The molecule has 1 unspecified atom stereocenters. The van der Waals surface area contributed by atoms with Crippen LogP contribution in [0.4, 0.5) is 0 Å². The summed E-state index contributed by atoms with van der Waals surface area (Å²) in [4.78, 5) is 2.10. The average Bonchev–Trinajstić information content (AvgIpc) is 2.50. The van der Waals surface area contributed by atoms with Gasteiger partial charge in [0.05, 0.1) is 26.9 Å². The number of aliphatic hydroxyl groups excluding tert-OH is 2. The maximum Gasteiger partial charge on any atom is 0.161 e. The smallest absolute Gasteiger partial charge is 0.161 e. The van der Waals surface area contributed by atoms with E-state index in [4.69, 9.17) is 14.6 Å². The van der Waals surface area contributed by atoms with Gasteiger partial charge in [-0.25, -0.2) is 0 Å². The van der Waals surface area contributed by atoms with E-state index in [0.29, 0.717) is 24.5 Å². The molecule has 0 saturated heterocycles. The van der Waals surface area contributed by atoms with Gasteiger partial charge in [0.25, 0.3) is 0 Å². The molecule has 1 aromatic rings. The number of hydrogen-bond acceptors (Lipinski definition) is 5. The Balaban J connectivity index is 2.65. The minimum Gasteiger partial charge on any atom is -0.493 e. The fourth-order valence-corrected chi connectivity index (χ4v) is 2.10. The molecular formula is C15H25NO4. The Morgan fingerprint density at radius 2 is 1.85 bits per heavy atom. The SMILES string of the molecule is CCN(CCO)CCC(O)c1ccc(OC)c(OC)c1. The molecular weight excluding hydrogens is 258 g/mol. The molecule has 0 aliphatic rings. The second-order valence-electron chi connectivity index (χ2n) is 4.58. The topological polar surface area (TPSA) is 62.2 Å². The molecule has 0 aliphatic carbocycles. The first-order chi connectivity index (χ1) is 9.65. The third-order valence-electron chi connectivity index (χ3n) is 3.37. The number of ether oxygens (including phenoxy) is 2. The van der Waals surface area contributed by atoms with E-state index in [0.717, 1.165) is 18.7 Å². The zero-order valence-electron chi connectivity index (χ0n) is 12.5. The summed E-state index contributed by atoms with van der Waals surface area (Å²) in [6, 6.07) is 5.43. The van der Waals surface area contributed by atoms with E-state index >= 15 is 0 Å². The molecule has 1 rings (SSSR count). The van der Waals surface area contributed by atoms with Crippen LogP contribution in [-0.4, -0.2) is 55.6 Å². The molecule has 114 valence electrons. The molecule has 20 heavy (non-hydrogen) atoms. The lowest BCUT2D eigenvalue weighted by Gasteiger charge is -2.21. The molecule has 1 atom stereocenters. The summed E-state index contributed by atoms with van der Waals surface area (Å²) in [6.07, 6.45) is 0.0612. The number of benzene rings is 1. The molecule has 0 spiro atoms. The van der Waals surface area contributed by atoms with Crippen LogP contribution in [-0.2, 0) is 0 Å². The van der Waals surface area contributed by atoms with Crippen LogP contribution in [0.3, 0.4) is 0 Å². The van der Waals surface area contributed by atoms with Crippen molar-refractivity contribution in [2.75, 3.05) is 40.5 Å². The van der Waals surface area contributed by atoms with Crippen LogP contribution in [0.2, 0.25) is 0 Å². The van der Waals surface area contributed by atoms with Crippen molar-refractivity contribution in [2.24, 2.45) is 0 Å². The van der Waals surface area contributed by atoms with Gasteiger partial charge in [-0.2, -0.15) is 0 Å². The van der Waals surface area contributed by atoms with Gasteiger partial charge in [0.15, 0.2) is 11.5 Å². The normalized spacial score (nSPS) is 12.5. The van der Waals surface area contributed by atoms with Gasteiger partial charge < -0.3 is 24.6 Å². The third kappa shape index (κ3) is 4.67. The van der Waals surface area contributed by atoms with Crippen molar-refractivity contribution in [1.29, 1.82) is 0 Å². The van der Waals surface area contributed by atoms with Crippen LogP contribution >= 0.6 is 0 Å². The van der Waals surface area contributed by atoms with Gasteiger partial charge in [0.1, 0.15) is 0 Å². The predicted octanol–water partition coefficient (Wildman–Crippen LogP) is 1.44. The van der Waals surface area contributed by atoms with E-state index in [1.54, 1.807) is 26.4 Å². The molecule has 2 N–H and O–H groups in total. The van der Waals surface area contributed by atoms with Crippen LogP contribution in [0.5, 0.6) is 11.5 Å². The molecule has 0 aliphatic heterocycles. The number of likely N-dealkylation sites (N-methyl/N-ethyl adjacent to an activating group) is 1. The fourth-order valence-electron chi connectivity index (χ4n) is 2.10. The summed E-state index contributed by atoms with van der Waals surface area (Å²) >= 11 is 0. The van der Waals surface area contributed by atoms with Crippen LogP contribution in [0, 0.1) is 0 Å². The second kappa shape index (κ2) is 8.79. The molecule has 0 fully saturated rings. The highest BCUT2D eigenvalue weighted by Gasteiger charge is 2.13. The maximum absolute atomic E-state index is 10.2. The van der Waals surface area contributed by atoms with Crippen molar-refractivity contribution >= 4 is 0 Å². The monoisotopic (exact) mass is 283 g/mol. The van der Waals surface area contributed by atoms with Crippen molar-refractivity contribution in [3.8, 4) is 11.5 Å². The quantitative estimate of drug-likeness (QED) is 0.718. The number of hydrogen-bond donors (Lipinski definition) is 2. The Kier molecular flexibility index (Phi) is 7.36. The summed E-state index contributed by atoms with van der Waals surface area (Å²) < 4.78 is 10.4. The Labute approximate surface area is 120 Å². The summed E-state index contributed by atoms with van der Waals surface area (Å²) in [5.74, 6) is 1.27. The highest BCUT2D eigenvalue weighted by atomic mass is 16.5. The summed E-state index contributed by atoms with van der Waals surface area (Å²) in [6.45, 7) is 4.42. The number of rotatable bonds is 9. The minimum atomic E-state index is -0.553. The average molecular weight is 283 g/mol. The first kappa shape index (κ1) is 16.8. The van der Waals surface area contributed by atoms with Crippen molar-refractivity contribution in [3.63, 3.8) is 0 Å². The molecule has 0 radical (unpaired) electrons. The van der Waals surface area contributed by atoms with E-state index in [1.165, 1.54) is 0 Å². The highest BCUT2D eigenvalue weighted by molar-refractivity contribution is 5.43. The largest absolute Gasteiger partial charge is 0.493 e. The van der Waals surface area contributed by atoms with Crippen LogP contribution < -0.4 is 9.47 Å². The van der Waals surface area contributed by atoms with Gasteiger partial charge in [-0.05, 0) is 30.7 Å². The number of methoxy groups -OCH3 is 2. The third-order valence-corrected chi connectivity index (χ3v) is 3.37. The first-order valence-corrected chi connectivity index (χ1v) is 6.89. The zero-order chi connectivity index (χ0) is 15.0. The lowest BCUT2D eigenvalue weighted by atomic mass is 10.1. The molecule has 0 amide bonds. The summed E-state index contributed by atoms with van der Waals surface area (Å²) in [7, 11) is 3.16. The molecule has 0 saturated carbocycles. The van der Waals surface area contributed by atoms with E-state index in [9.17, 15) is 5.11 Å². The van der Waals surface area contributed by atoms with E-state index < -0.39 is 6.10 Å². The molecule has 0 bridgehead atoms. The molecule has 5 nitrogen and oxygen atoms in total. The van der Waals surface area contributed by atoms with Crippen LogP contribution in [0.25, 0.3) is 0 Å². The molecule has 0 heterocycles. The lowest BCUT2D eigenvalue weighted by molar-refractivity contribution is 0.133. The van der Waals surface area contributed by atoms with Gasteiger partial charge in [-0.1, -0.05) is 13.0 Å². The Bertz CT molecular complexity index is 397. The van der Waals surface area contributed by atoms with Crippen molar-refractivity contribution in [2.45, 2.75) is 19.4 Å².